The molecule has 2 atom stereocenters. The molecule has 16 heavy (non-hydrogen) atoms. The number of rotatable bonds is 3. The van der Waals surface area contributed by atoms with Crippen molar-refractivity contribution in [2.45, 2.75) is 38.3 Å². The first-order valence-electron chi connectivity index (χ1n) is 5.58. The summed E-state index contributed by atoms with van der Waals surface area (Å²) in [7, 11) is 0. The van der Waals surface area contributed by atoms with Crippen LogP contribution in [0.2, 0.25) is 0 Å². The first-order valence-corrected chi connectivity index (χ1v) is 6.46. The maximum Gasteiger partial charge on any atom is 0.320 e. The van der Waals surface area contributed by atoms with Crippen molar-refractivity contribution in [3.8, 4) is 0 Å². The number of likely N-dealkylation sites (tertiary alicyclic amines) is 1. The molecule has 0 aromatic carbocycles. The molecule has 1 aromatic heterocycles. The van der Waals surface area contributed by atoms with Crippen molar-refractivity contribution in [2.75, 3.05) is 6.54 Å². The lowest BCUT2D eigenvalue weighted by atomic mass is 10.0. The maximum absolute atomic E-state index is 11.2. The highest BCUT2D eigenvalue weighted by molar-refractivity contribution is 7.09. The molecule has 1 N–H and O–H groups in total. The number of aliphatic carboxylic acids is 1. The second kappa shape index (κ2) is 4.93. The molecule has 2 unspecified atom stereocenters. The number of nitrogens with zero attached hydrogens (tertiary/aromatic N) is 2. The van der Waals surface area contributed by atoms with Gasteiger partial charge in [-0.1, -0.05) is 6.42 Å². The van der Waals surface area contributed by atoms with Gasteiger partial charge in [0.15, 0.2) is 0 Å². The summed E-state index contributed by atoms with van der Waals surface area (Å²) in [5, 5.41) is 12.1. The van der Waals surface area contributed by atoms with E-state index < -0.39 is 5.97 Å². The van der Waals surface area contributed by atoms with Gasteiger partial charge in [-0.15, -0.1) is 11.3 Å². The predicted molar refractivity (Wildman–Crippen MR) is 62.5 cm³/mol. The Morgan fingerprint density at radius 3 is 3.12 bits per heavy atom. The number of hydrogen-bond donors (Lipinski definition) is 1. The number of carboxylic acid groups (broad SMARTS) is 1. The molecule has 4 nitrogen and oxygen atoms in total. The van der Waals surface area contributed by atoms with Crippen LogP contribution in [0.25, 0.3) is 0 Å². The summed E-state index contributed by atoms with van der Waals surface area (Å²) in [6, 6.07) is -0.228. The van der Waals surface area contributed by atoms with Gasteiger partial charge in [-0.25, -0.2) is 4.98 Å². The summed E-state index contributed by atoms with van der Waals surface area (Å²) >= 11 is 1.59. The third-order valence-corrected chi connectivity index (χ3v) is 4.08. The van der Waals surface area contributed by atoms with Crippen LogP contribution in [0.1, 0.15) is 37.2 Å². The first kappa shape index (κ1) is 11.5. The number of thiazole rings is 1. The summed E-state index contributed by atoms with van der Waals surface area (Å²) in [5.41, 5.74) is 0. The molecule has 1 fully saturated rings. The Balaban J connectivity index is 2.14. The Hall–Kier alpha value is -0.940. The van der Waals surface area contributed by atoms with Gasteiger partial charge in [0.05, 0.1) is 6.04 Å². The normalized spacial score (nSPS) is 24.2. The van der Waals surface area contributed by atoms with Gasteiger partial charge in [0.2, 0.25) is 0 Å². The zero-order valence-electron chi connectivity index (χ0n) is 9.30. The summed E-state index contributed by atoms with van der Waals surface area (Å²) in [5.74, 6) is -0.705. The fourth-order valence-corrected chi connectivity index (χ4v) is 2.98. The van der Waals surface area contributed by atoms with Crippen molar-refractivity contribution in [1.82, 2.24) is 9.88 Å². The predicted octanol–water partition coefficient (Wildman–Crippen LogP) is 2.14. The van der Waals surface area contributed by atoms with Crippen LogP contribution in [0, 0.1) is 0 Å². The molecule has 1 saturated heterocycles. The van der Waals surface area contributed by atoms with E-state index in [4.69, 9.17) is 0 Å². The average Bonchev–Trinajstić information content (AvgIpc) is 2.81. The van der Waals surface area contributed by atoms with Gasteiger partial charge >= 0.3 is 5.97 Å². The van der Waals surface area contributed by atoms with E-state index in [1.165, 1.54) is 0 Å². The van der Waals surface area contributed by atoms with E-state index in [0.29, 0.717) is 0 Å². The highest BCUT2D eigenvalue weighted by Crippen LogP contribution is 2.29. The quantitative estimate of drug-likeness (QED) is 0.879. The van der Waals surface area contributed by atoms with Gasteiger partial charge < -0.3 is 5.11 Å². The summed E-state index contributed by atoms with van der Waals surface area (Å²) in [4.78, 5) is 17.5. The van der Waals surface area contributed by atoms with Crippen LogP contribution < -0.4 is 0 Å². The molecule has 1 aliphatic rings. The number of hydrogen-bond acceptors (Lipinski definition) is 4. The molecule has 0 spiro atoms. The van der Waals surface area contributed by atoms with Crippen molar-refractivity contribution >= 4 is 17.3 Å². The van der Waals surface area contributed by atoms with Crippen LogP contribution in [0.15, 0.2) is 11.6 Å². The van der Waals surface area contributed by atoms with Crippen LogP contribution in [-0.4, -0.2) is 33.5 Å². The minimum Gasteiger partial charge on any atom is -0.480 e. The second-order valence-corrected chi connectivity index (χ2v) is 5.06. The Morgan fingerprint density at radius 2 is 2.50 bits per heavy atom. The van der Waals surface area contributed by atoms with Gasteiger partial charge in [0.1, 0.15) is 11.0 Å². The van der Waals surface area contributed by atoms with Crippen LogP contribution in [-0.2, 0) is 4.79 Å². The zero-order chi connectivity index (χ0) is 11.5. The minimum atomic E-state index is -0.705. The van der Waals surface area contributed by atoms with Crippen LogP contribution in [0.4, 0.5) is 0 Å². The topological polar surface area (TPSA) is 53.4 Å². The van der Waals surface area contributed by atoms with Crippen molar-refractivity contribution in [3.05, 3.63) is 16.6 Å². The van der Waals surface area contributed by atoms with Crippen LogP contribution in [0.3, 0.4) is 0 Å². The lowest BCUT2D eigenvalue weighted by Crippen LogP contribution is -2.45. The number of piperidine rings is 1. The third-order valence-electron chi connectivity index (χ3n) is 3.14. The van der Waals surface area contributed by atoms with Crippen molar-refractivity contribution in [2.24, 2.45) is 0 Å². The Bertz CT molecular complexity index is 353. The fraction of sp³-hybridized carbons (Fsp3) is 0.636. The lowest BCUT2D eigenvalue weighted by Gasteiger charge is -2.36. The van der Waals surface area contributed by atoms with E-state index in [2.05, 4.69) is 9.88 Å². The summed E-state index contributed by atoms with van der Waals surface area (Å²) < 4.78 is 0. The Labute approximate surface area is 98.9 Å². The molecular weight excluding hydrogens is 224 g/mol. The molecule has 88 valence electrons. The van der Waals surface area contributed by atoms with Gasteiger partial charge in [-0.3, -0.25) is 9.69 Å². The SMILES string of the molecule is CC(c1nccs1)N1CCCCC1C(=O)O. The van der Waals surface area contributed by atoms with E-state index in [1.807, 2.05) is 12.3 Å². The molecule has 2 rings (SSSR count). The summed E-state index contributed by atoms with van der Waals surface area (Å²) in [6.45, 7) is 2.90. The molecule has 5 heteroatoms. The molecule has 0 saturated carbocycles. The lowest BCUT2D eigenvalue weighted by molar-refractivity contribution is -0.145. The highest BCUT2D eigenvalue weighted by Gasteiger charge is 2.32. The molecule has 1 aromatic rings. The minimum absolute atomic E-state index is 0.112. The maximum atomic E-state index is 11.2. The molecule has 0 radical (unpaired) electrons. The van der Waals surface area contributed by atoms with Crippen molar-refractivity contribution in [1.29, 1.82) is 0 Å². The Kier molecular flexibility index (Phi) is 3.56. The van der Waals surface area contributed by atoms with Crippen LogP contribution >= 0.6 is 11.3 Å². The molecular formula is C11H16N2O2S. The first-order chi connectivity index (χ1) is 7.70. The molecule has 2 heterocycles. The molecule has 1 aliphatic heterocycles. The van der Waals surface area contributed by atoms with Gasteiger partial charge in [0.25, 0.3) is 0 Å². The molecule has 0 amide bonds. The standard InChI is InChI=1S/C11H16N2O2S/c1-8(10-12-5-7-16-10)13-6-3-2-4-9(13)11(14)15/h5,7-9H,2-4,6H2,1H3,(H,14,15). The van der Waals surface area contributed by atoms with E-state index in [9.17, 15) is 9.90 Å². The van der Waals surface area contributed by atoms with Crippen molar-refractivity contribution in [3.63, 3.8) is 0 Å². The van der Waals surface area contributed by atoms with Gasteiger partial charge in [0, 0.05) is 11.6 Å². The zero-order valence-corrected chi connectivity index (χ0v) is 10.1. The molecule has 0 aliphatic carbocycles. The summed E-state index contributed by atoms with van der Waals surface area (Å²) in [6.07, 6.45) is 4.62. The number of carboxylic acids is 1. The van der Waals surface area contributed by atoms with E-state index >= 15 is 0 Å². The van der Waals surface area contributed by atoms with Crippen LogP contribution in [0.5, 0.6) is 0 Å². The smallest absolute Gasteiger partial charge is 0.320 e. The number of carbonyl (C=O) groups is 1. The third kappa shape index (κ3) is 2.25. The van der Waals surface area contributed by atoms with Crippen molar-refractivity contribution < 1.29 is 9.90 Å². The average molecular weight is 240 g/mol. The highest BCUT2D eigenvalue weighted by atomic mass is 32.1. The van der Waals surface area contributed by atoms with E-state index in [1.54, 1.807) is 17.5 Å². The monoisotopic (exact) mass is 240 g/mol. The second-order valence-electron chi connectivity index (χ2n) is 4.13. The largest absolute Gasteiger partial charge is 0.480 e. The van der Waals surface area contributed by atoms with E-state index in [0.717, 1.165) is 30.8 Å². The van der Waals surface area contributed by atoms with Gasteiger partial charge in [-0.05, 0) is 26.3 Å². The van der Waals surface area contributed by atoms with Gasteiger partial charge in [-0.2, -0.15) is 0 Å². The Morgan fingerprint density at radius 1 is 1.69 bits per heavy atom. The van der Waals surface area contributed by atoms with E-state index in [-0.39, 0.29) is 12.1 Å². The fourth-order valence-electron chi connectivity index (χ4n) is 2.27. The molecule has 0 bridgehead atoms. The number of aromatic nitrogens is 1.